The van der Waals surface area contributed by atoms with Crippen LogP contribution in [0.2, 0.25) is 0 Å². The predicted octanol–water partition coefficient (Wildman–Crippen LogP) is 9.11. The number of ether oxygens (including phenoxy) is 2. The molecule has 7 aromatic rings. The smallest absolute Gasteiger partial charge is 0.306 e. The number of nitrogens with zero attached hydrogens (tertiary/aromatic N) is 6. The van der Waals surface area contributed by atoms with Crippen LogP contribution in [-0.4, -0.2) is 63.9 Å². The monoisotopic (exact) mass is 932 g/mol. The number of benzene rings is 4. The maximum Gasteiger partial charge on any atom is 0.306 e. The first-order valence-electron chi connectivity index (χ1n) is 22.1. The third kappa shape index (κ3) is 13.4. The second-order valence-corrected chi connectivity index (χ2v) is 18.0. The van der Waals surface area contributed by atoms with E-state index in [4.69, 9.17) is 24.2 Å². The van der Waals surface area contributed by atoms with Crippen molar-refractivity contribution < 1.29 is 42.7 Å². The zero-order valence-corrected chi connectivity index (χ0v) is 38.8. The topological polar surface area (TPSA) is 201 Å². The van der Waals surface area contributed by atoms with Crippen molar-refractivity contribution in [2.45, 2.75) is 111 Å². The molecule has 0 bridgehead atoms. The Morgan fingerprint density at radius 2 is 1.15 bits per heavy atom. The second-order valence-electron chi connectivity index (χ2n) is 18.0. The van der Waals surface area contributed by atoms with E-state index in [0.29, 0.717) is 106 Å². The molecular weight excluding hydrogens is 879 g/mol. The molecule has 15 nitrogen and oxygen atoms in total. The molecule has 17 heteroatoms. The Morgan fingerprint density at radius 1 is 0.676 bits per heavy atom. The molecule has 2 N–H and O–H groups in total. The van der Waals surface area contributed by atoms with Gasteiger partial charge in [0.15, 0.2) is 5.76 Å². The maximum atomic E-state index is 13.6. The number of carbonyl (C=O) groups is 2. The number of hydrogen-bond donors (Lipinski definition) is 2. The number of rotatable bonds is 15. The molecule has 0 atom stereocenters. The molecule has 0 aliphatic rings. The van der Waals surface area contributed by atoms with Gasteiger partial charge in [-0.1, -0.05) is 22.4 Å². The Kier molecular flexibility index (Phi) is 16.1. The molecule has 3 heterocycles. The number of halogens is 2. The maximum absolute atomic E-state index is 13.6. The number of aromatic nitrogens is 5. The van der Waals surface area contributed by atoms with Gasteiger partial charge in [0.2, 0.25) is 0 Å². The Bertz CT molecular complexity index is 3040. The van der Waals surface area contributed by atoms with Gasteiger partial charge in [-0.25, -0.2) is 18.7 Å². The van der Waals surface area contributed by atoms with E-state index in [-0.39, 0.29) is 42.5 Å². The fourth-order valence-electron chi connectivity index (χ4n) is 7.25. The number of unbranched alkanes of at least 4 members (excludes halogenated alkanes) is 2. The summed E-state index contributed by atoms with van der Waals surface area (Å²) >= 11 is 0. The number of oxime groups is 1. The first-order valence-corrected chi connectivity index (χ1v) is 22.1. The molecule has 7 rings (SSSR count). The summed E-state index contributed by atoms with van der Waals surface area (Å²) in [7, 11) is 0. The highest BCUT2D eigenvalue weighted by atomic mass is 19.1. The highest BCUT2D eigenvalue weighted by molar-refractivity contribution is 5.88. The van der Waals surface area contributed by atoms with Crippen molar-refractivity contribution >= 4 is 40.0 Å². The Morgan fingerprint density at radius 3 is 1.59 bits per heavy atom. The van der Waals surface area contributed by atoms with E-state index in [9.17, 15) is 33.1 Å². The average molecular weight is 933 g/mol. The van der Waals surface area contributed by atoms with Crippen LogP contribution in [0.3, 0.4) is 0 Å². The fourth-order valence-corrected chi connectivity index (χ4v) is 7.25. The minimum Gasteiger partial charge on any atom is -0.460 e. The molecule has 0 radical (unpaired) electrons. The lowest BCUT2D eigenvalue weighted by Crippen LogP contribution is -2.24. The summed E-state index contributed by atoms with van der Waals surface area (Å²) in [5.74, 6) is -0.0259. The van der Waals surface area contributed by atoms with Crippen LogP contribution in [0.25, 0.3) is 44.4 Å². The number of aliphatic hydroxyl groups excluding tert-OH is 1. The number of hydrogen-bond acceptors (Lipinski definition) is 13. The molecule has 0 saturated heterocycles. The van der Waals surface area contributed by atoms with E-state index in [1.807, 2.05) is 41.5 Å². The van der Waals surface area contributed by atoms with Crippen LogP contribution in [-0.2, 0) is 38.5 Å². The highest BCUT2D eigenvalue weighted by Crippen LogP contribution is 2.25. The molecule has 0 aliphatic carbocycles. The van der Waals surface area contributed by atoms with Crippen molar-refractivity contribution in [3.8, 4) is 22.6 Å². The molecule has 3 aromatic heterocycles. The van der Waals surface area contributed by atoms with Gasteiger partial charge in [-0.05, 0) is 146 Å². The molecular formula is C51H54F2N6O9. The Hall–Kier alpha value is -7.40. The first-order chi connectivity index (χ1) is 32.3. The van der Waals surface area contributed by atoms with E-state index >= 15 is 0 Å². The quantitative estimate of drug-likeness (QED) is 0.0325. The Balaban J connectivity index is 0.000000226. The third-order valence-electron chi connectivity index (χ3n) is 10.2. The second kappa shape index (κ2) is 21.9. The Labute approximate surface area is 390 Å². The summed E-state index contributed by atoms with van der Waals surface area (Å²) in [4.78, 5) is 60.2. The van der Waals surface area contributed by atoms with Crippen LogP contribution in [0.5, 0.6) is 0 Å². The largest absolute Gasteiger partial charge is 0.460 e. The number of fused-ring (bicyclic) bond motifs is 2. The van der Waals surface area contributed by atoms with Crippen LogP contribution < -0.4 is 11.1 Å². The number of aryl methyl sites for hydroxylation is 2. The van der Waals surface area contributed by atoms with Crippen molar-refractivity contribution in [1.29, 1.82) is 0 Å². The van der Waals surface area contributed by atoms with Crippen molar-refractivity contribution in [2.75, 3.05) is 0 Å². The molecule has 0 amide bonds. The van der Waals surface area contributed by atoms with Crippen LogP contribution in [0, 0.1) is 11.6 Å². The van der Waals surface area contributed by atoms with E-state index in [1.165, 1.54) is 63.9 Å². The number of aliphatic hydroxyl groups is 1. The van der Waals surface area contributed by atoms with E-state index in [0.717, 1.165) is 0 Å². The lowest BCUT2D eigenvalue weighted by molar-refractivity contribution is -0.156. The molecule has 0 aliphatic heterocycles. The van der Waals surface area contributed by atoms with E-state index in [2.05, 4.69) is 15.3 Å². The normalized spacial score (nSPS) is 11.8. The van der Waals surface area contributed by atoms with Gasteiger partial charge in [0.25, 0.3) is 11.1 Å². The van der Waals surface area contributed by atoms with Gasteiger partial charge in [0, 0.05) is 37.3 Å². The first kappa shape index (κ1) is 50.0. The SMILES string of the molecule is CC(C)(C)OC(=O)CCCCc1nc2cc(-c3cc(CO)on3)ccc2c(=O)n1-c1ccc(F)cc1.CC(C)(C)OC(=O)CCCCc1nc2cc(/C=N/O)ccc2c(=O)n1-c1ccc(F)cc1. The standard InChI is InChI=1S/C27H28FN3O5.C24H26FN3O4/c1-27(2,3)35-25(33)7-5-4-6-24-29-23-14-17(22-15-20(16-32)36-30-22)8-13-21(23)26(34)31(24)19-11-9-18(28)10-12-19;1-24(2,3)32-22(29)7-5-4-6-21-27-20-14-16(15-26-31)8-13-19(20)23(30)28(21)18-11-9-17(25)10-12-18/h8-15,32H,4-7,16H2,1-3H3;8-15,31H,4-7H2,1-3H3/b;26-15+. The highest BCUT2D eigenvalue weighted by Gasteiger charge is 2.20. The average Bonchev–Trinajstić information content (AvgIpc) is 3.77. The lowest BCUT2D eigenvalue weighted by atomic mass is 10.1. The lowest BCUT2D eigenvalue weighted by Gasteiger charge is -2.19. The summed E-state index contributed by atoms with van der Waals surface area (Å²) in [6.07, 6.45) is 4.98. The summed E-state index contributed by atoms with van der Waals surface area (Å²) in [6.45, 7) is 10.7. The summed E-state index contributed by atoms with van der Waals surface area (Å²) in [5.41, 5.74) is 2.13. The van der Waals surface area contributed by atoms with Gasteiger partial charge in [0.1, 0.15) is 46.8 Å². The van der Waals surface area contributed by atoms with Crippen LogP contribution >= 0.6 is 0 Å². The molecule has 356 valence electrons. The van der Waals surface area contributed by atoms with Crippen molar-refractivity contribution in [3.63, 3.8) is 0 Å². The summed E-state index contributed by atoms with van der Waals surface area (Å²) in [6, 6.07) is 23.0. The zero-order valence-electron chi connectivity index (χ0n) is 38.8. The molecule has 0 fully saturated rings. The van der Waals surface area contributed by atoms with E-state index in [1.54, 1.807) is 42.5 Å². The molecule has 4 aromatic carbocycles. The van der Waals surface area contributed by atoms with Gasteiger partial charge in [-0.15, -0.1) is 0 Å². The minimum absolute atomic E-state index is 0.259. The van der Waals surface area contributed by atoms with Gasteiger partial charge in [0.05, 0.1) is 39.4 Å². The van der Waals surface area contributed by atoms with Gasteiger partial charge < -0.3 is 24.3 Å². The molecule has 0 unspecified atom stereocenters. The van der Waals surface area contributed by atoms with Gasteiger partial charge >= 0.3 is 11.9 Å². The molecule has 0 saturated carbocycles. The van der Waals surface area contributed by atoms with Crippen LogP contribution in [0.1, 0.15) is 103 Å². The van der Waals surface area contributed by atoms with Crippen molar-refractivity contribution in [2.24, 2.45) is 5.16 Å². The van der Waals surface area contributed by atoms with Gasteiger partial charge in [-0.3, -0.25) is 28.3 Å². The van der Waals surface area contributed by atoms with Gasteiger partial charge in [-0.2, -0.15) is 0 Å². The zero-order chi connectivity index (χ0) is 49.2. The summed E-state index contributed by atoms with van der Waals surface area (Å²) < 4.78 is 45.7. The predicted molar refractivity (Wildman–Crippen MR) is 252 cm³/mol. The van der Waals surface area contributed by atoms with Crippen molar-refractivity contribution in [3.05, 3.63) is 146 Å². The van der Waals surface area contributed by atoms with E-state index < -0.39 is 22.8 Å². The van der Waals surface area contributed by atoms with Crippen molar-refractivity contribution in [1.82, 2.24) is 24.3 Å². The number of esters is 2. The molecule has 68 heavy (non-hydrogen) atoms. The van der Waals surface area contributed by atoms with Crippen LogP contribution in [0.15, 0.2) is 110 Å². The fraction of sp³-hybridized carbons (Fsp3) is 0.333. The van der Waals surface area contributed by atoms with Crippen LogP contribution in [0.4, 0.5) is 8.78 Å². The molecule has 0 spiro atoms. The summed E-state index contributed by atoms with van der Waals surface area (Å²) in [5, 5.41) is 25.8. The number of carbonyl (C=O) groups excluding carboxylic acids is 2. The minimum atomic E-state index is -0.542. The third-order valence-corrected chi connectivity index (χ3v) is 10.2.